The minimum absolute atomic E-state index is 0.0290. The van der Waals surface area contributed by atoms with E-state index in [1.807, 2.05) is 0 Å². The monoisotopic (exact) mass is 389 g/mol. The van der Waals surface area contributed by atoms with Gasteiger partial charge in [0.2, 0.25) is 11.7 Å². The number of rotatable bonds is 7. The average molecular weight is 389 g/mol. The number of ether oxygens (including phenoxy) is 3. The number of ketones is 1. The van der Waals surface area contributed by atoms with Crippen LogP contribution in [0, 0.1) is 5.92 Å². The van der Waals surface area contributed by atoms with Crippen molar-refractivity contribution in [1.29, 1.82) is 0 Å². The number of hydrogen-bond donors (Lipinski definition) is 0. The molecule has 0 spiro atoms. The number of carbonyl (C=O) groups excluding carboxylic acids is 3. The van der Waals surface area contributed by atoms with E-state index in [9.17, 15) is 14.4 Å². The number of anilines is 1. The summed E-state index contributed by atoms with van der Waals surface area (Å²) in [5.41, 5.74) is 0.563. The Morgan fingerprint density at radius 3 is 2.70 bits per heavy atom. The van der Waals surface area contributed by atoms with Crippen molar-refractivity contribution in [3.63, 3.8) is 0 Å². The smallest absolute Gasteiger partial charge is 0.311 e. The van der Waals surface area contributed by atoms with E-state index < -0.39 is 11.9 Å². The van der Waals surface area contributed by atoms with Crippen LogP contribution in [0.4, 0.5) is 5.69 Å². The van der Waals surface area contributed by atoms with Gasteiger partial charge in [-0.05, 0) is 23.6 Å². The third-order valence-corrected chi connectivity index (χ3v) is 5.19. The quantitative estimate of drug-likeness (QED) is 0.535. The molecule has 1 aromatic heterocycles. The lowest BCUT2D eigenvalue weighted by molar-refractivity contribution is -0.147. The van der Waals surface area contributed by atoms with E-state index in [-0.39, 0.29) is 31.3 Å². The van der Waals surface area contributed by atoms with Crippen molar-refractivity contribution in [1.82, 2.24) is 0 Å². The standard InChI is InChI=1S/C19H19NO6S/c1-24-13-5-6-14(16(9-13)25-2)20-10-12(8-18(20)22)19(23)26-11-15(21)17-4-3-7-27-17/h3-7,9,12H,8,10-11H2,1-2H3/t12-/m1/s1. The highest BCUT2D eigenvalue weighted by Gasteiger charge is 2.37. The Balaban J connectivity index is 1.65. The van der Waals surface area contributed by atoms with Gasteiger partial charge in [0, 0.05) is 19.0 Å². The Labute approximate surface area is 160 Å². The number of benzene rings is 1. The first-order chi connectivity index (χ1) is 13.0. The zero-order valence-corrected chi connectivity index (χ0v) is 15.8. The van der Waals surface area contributed by atoms with Gasteiger partial charge in [-0.15, -0.1) is 11.3 Å². The normalized spacial score (nSPS) is 16.3. The molecule has 142 valence electrons. The predicted octanol–water partition coefficient (Wildman–Crippen LogP) is 2.54. The molecule has 1 aromatic carbocycles. The van der Waals surface area contributed by atoms with E-state index in [0.717, 1.165) is 0 Å². The Kier molecular flexibility index (Phi) is 5.75. The van der Waals surface area contributed by atoms with Crippen LogP contribution in [0.5, 0.6) is 11.5 Å². The number of esters is 1. The van der Waals surface area contributed by atoms with Crippen molar-refractivity contribution in [2.45, 2.75) is 6.42 Å². The topological polar surface area (TPSA) is 82.1 Å². The summed E-state index contributed by atoms with van der Waals surface area (Å²) < 4.78 is 15.6. The second-order valence-corrected chi connectivity index (χ2v) is 6.90. The summed E-state index contributed by atoms with van der Waals surface area (Å²) in [6.45, 7) is -0.149. The number of thiophene rings is 1. The highest BCUT2D eigenvalue weighted by molar-refractivity contribution is 7.12. The van der Waals surface area contributed by atoms with Crippen LogP contribution in [0.25, 0.3) is 0 Å². The molecule has 1 aliphatic rings. The van der Waals surface area contributed by atoms with Crippen LogP contribution in [0.1, 0.15) is 16.1 Å². The first-order valence-corrected chi connectivity index (χ1v) is 9.17. The Morgan fingerprint density at radius 1 is 1.22 bits per heavy atom. The van der Waals surface area contributed by atoms with E-state index in [4.69, 9.17) is 14.2 Å². The molecule has 1 saturated heterocycles. The molecule has 0 saturated carbocycles. The summed E-state index contributed by atoms with van der Waals surface area (Å²) in [6, 6.07) is 8.54. The number of nitrogens with zero attached hydrogens (tertiary/aromatic N) is 1. The van der Waals surface area contributed by atoms with Gasteiger partial charge in [-0.3, -0.25) is 14.4 Å². The molecule has 27 heavy (non-hydrogen) atoms. The fourth-order valence-corrected chi connectivity index (χ4v) is 3.52. The SMILES string of the molecule is COc1ccc(N2C[C@H](C(=O)OCC(=O)c3cccs3)CC2=O)c(OC)c1. The largest absolute Gasteiger partial charge is 0.497 e. The van der Waals surface area contributed by atoms with Gasteiger partial charge >= 0.3 is 5.97 Å². The molecule has 1 fully saturated rings. The molecule has 2 heterocycles. The van der Waals surface area contributed by atoms with E-state index in [1.165, 1.54) is 23.3 Å². The lowest BCUT2D eigenvalue weighted by Crippen LogP contribution is -2.27. The summed E-state index contributed by atoms with van der Waals surface area (Å²) >= 11 is 1.29. The zero-order valence-electron chi connectivity index (χ0n) is 15.0. The molecule has 8 heteroatoms. The predicted molar refractivity (Wildman–Crippen MR) is 99.6 cm³/mol. The first kappa shape index (κ1) is 18.9. The molecule has 3 rings (SSSR count). The van der Waals surface area contributed by atoms with Gasteiger partial charge in [0.15, 0.2) is 6.61 Å². The molecular formula is C19H19NO6S. The van der Waals surface area contributed by atoms with Crippen molar-refractivity contribution in [2.75, 3.05) is 32.3 Å². The minimum Gasteiger partial charge on any atom is -0.497 e. The van der Waals surface area contributed by atoms with Crippen LogP contribution in [0.15, 0.2) is 35.7 Å². The lowest BCUT2D eigenvalue weighted by Gasteiger charge is -2.20. The van der Waals surface area contributed by atoms with Crippen molar-refractivity contribution >= 4 is 34.7 Å². The molecule has 2 aromatic rings. The molecule has 0 N–H and O–H groups in total. The maximum absolute atomic E-state index is 12.4. The molecule has 1 aliphatic heterocycles. The molecule has 0 unspecified atom stereocenters. The van der Waals surface area contributed by atoms with Gasteiger partial charge in [-0.1, -0.05) is 6.07 Å². The zero-order chi connectivity index (χ0) is 19.4. The van der Waals surface area contributed by atoms with E-state index >= 15 is 0 Å². The maximum atomic E-state index is 12.4. The van der Waals surface area contributed by atoms with Crippen LogP contribution >= 0.6 is 11.3 Å². The number of amides is 1. The van der Waals surface area contributed by atoms with Crippen LogP contribution in [-0.2, 0) is 14.3 Å². The molecule has 0 bridgehead atoms. The minimum atomic E-state index is -0.625. The summed E-state index contributed by atoms with van der Waals surface area (Å²) in [4.78, 5) is 38.7. The summed E-state index contributed by atoms with van der Waals surface area (Å²) in [5, 5.41) is 1.78. The second kappa shape index (κ2) is 8.22. The van der Waals surface area contributed by atoms with Crippen LogP contribution < -0.4 is 14.4 Å². The second-order valence-electron chi connectivity index (χ2n) is 5.95. The van der Waals surface area contributed by atoms with E-state index in [1.54, 1.807) is 42.8 Å². The van der Waals surface area contributed by atoms with Crippen LogP contribution in [-0.4, -0.2) is 45.0 Å². The van der Waals surface area contributed by atoms with Crippen molar-refractivity contribution < 1.29 is 28.6 Å². The molecule has 1 amide bonds. The van der Waals surface area contributed by atoms with Gasteiger partial charge in [0.25, 0.3) is 0 Å². The molecular weight excluding hydrogens is 370 g/mol. The third-order valence-electron chi connectivity index (χ3n) is 4.28. The maximum Gasteiger partial charge on any atom is 0.311 e. The summed E-state index contributed by atoms with van der Waals surface area (Å²) in [7, 11) is 3.04. The Hall–Kier alpha value is -2.87. The lowest BCUT2D eigenvalue weighted by atomic mass is 10.1. The summed E-state index contributed by atoms with van der Waals surface area (Å²) in [6.07, 6.45) is 0.0290. The van der Waals surface area contributed by atoms with Gasteiger partial charge in [-0.25, -0.2) is 0 Å². The highest BCUT2D eigenvalue weighted by atomic mass is 32.1. The van der Waals surface area contributed by atoms with Gasteiger partial charge in [0.05, 0.1) is 30.7 Å². The van der Waals surface area contributed by atoms with Gasteiger partial charge in [0.1, 0.15) is 11.5 Å². The van der Waals surface area contributed by atoms with Crippen LogP contribution in [0.2, 0.25) is 0 Å². The van der Waals surface area contributed by atoms with Crippen molar-refractivity contribution in [3.05, 3.63) is 40.6 Å². The van der Waals surface area contributed by atoms with Crippen molar-refractivity contribution in [3.8, 4) is 11.5 Å². The molecule has 0 aliphatic carbocycles. The van der Waals surface area contributed by atoms with Crippen molar-refractivity contribution in [2.24, 2.45) is 5.92 Å². The van der Waals surface area contributed by atoms with Gasteiger partial charge in [-0.2, -0.15) is 0 Å². The Bertz CT molecular complexity index is 848. The molecule has 1 atom stereocenters. The van der Waals surface area contributed by atoms with Gasteiger partial charge < -0.3 is 19.1 Å². The fraction of sp³-hybridized carbons (Fsp3) is 0.316. The molecule has 0 radical (unpaired) electrons. The third kappa shape index (κ3) is 4.11. The number of hydrogen-bond acceptors (Lipinski definition) is 7. The summed E-state index contributed by atoms with van der Waals surface area (Å²) in [5.74, 6) is -0.556. The first-order valence-electron chi connectivity index (χ1n) is 8.29. The highest BCUT2D eigenvalue weighted by Crippen LogP contribution is 2.36. The number of carbonyl (C=O) groups is 3. The van der Waals surface area contributed by atoms with Crippen LogP contribution in [0.3, 0.4) is 0 Å². The Morgan fingerprint density at radius 2 is 2.04 bits per heavy atom. The number of methoxy groups -OCH3 is 2. The van der Waals surface area contributed by atoms with E-state index in [2.05, 4.69) is 0 Å². The molecule has 7 nitrogen and oxygen atoms in total. The van der Waals surface area contributed by atoms with E-state index in [0.29, 0.717) is 22.1 Å². The average Bonchev–Trinajstić information content (AvgIpc) is 3.35. The fourth-order valence-electron chi connectivity index (χ4n) is 2.87. The number of Topliss-reactive ketones (excluding diaryl/α,β-unsaturated/α-hetero) is 1.